The molecule has 0 fully saturated rings. The molecule has 1 aliphatic heterocycles. The van der Waals surface area contributed by atoms with Crippen molar-refractivity contribution in [1.29, 1.82) is 0 Å². The number of dihydropyridines is 1. The molecule has 8 nitrogen and oxygen atoms in total. The summed E-state index contributed by atoms with van der Waals surface area (Å²) in [6, 6.07) is 25.3. The first-order chi connectivity index (χ1) is 19.8. The number of nitro benzene ring substituents is 1. The zero-order chi connectivity index (χ0) is 29.2. The second-order valence-corrected chi connectivity index (χ2v) is 10.4. The number of nitro groups is 1. The van der Waals surface area contributed by atoms with Crippen molar-refractivity contribution in [2.75, 3.05) is 19.0 Å². The molecule has 41 heavy (non-hydrogen) atoms. The summed E-state index contributed by atoms with van der Waals surface area (Å²) in [5.74, 6) is -1.63. The summed E-state index contributed by atoms with van der Waals surface area (Å²) in [7, 11) is 0. The van der Waals surface area contributed by atoms with Crippen LogP contribution in [0.25, 0.3) is 6.08 Å². The zero-order valence-electron chi connectivity index (χ0n) is 22.7. The number of ether oxygens (including phenoxy) is 2. The van der Waals surface area contributed by atoms with Crippen LogP contribution in [0.3, 0.4) is 0 Å². The lowest BCUT2D eigenvalue weighted by molar-refractivity contribution is -0.384. The van der Waals surface area contributed by atoms with Crippen molar-refractivity contribution in [3.05, 3.63) is 135 Å². The third-order valence-electron chi connectivity index (χ3n) is 6.36. The Morgan fingerprint density at radius 2 is 1.54 bits per heavy atom. The molecule has 0 radical (unpaired) electrons. The summed E-state index contributed by atoms with van der Waals surface area (Å²) in [5.41, 5.74) is 2.61. The number of nitrogens with zero attached hydrogens (tertiary/aromatic N) is 1. The van der Waals surface area contributed by atoms with Gasteiger partial charge in [-0.2, -0.15) is 0 Å². The summed E-state index contributed by atoms with van der Waals surface area (Å²) in [4.78, 5) is 39.0. The van der Waals surface area contributed by atoms with Gasteiger partial charge in [-0.3, -0.25) is 10.1 Å². The van der Waals surface area contributed by atoms with Crippen molar-refractivity contribution in [2.24, 2.45) is 0 Å². The molecule has 1 unspecified atom stereocenters. The fraction of sp³-hybridized carbons (Fsp3) is 0.188. The SMILES string of the molecule is CC1=C(C(=O)OCC=Cc2ccccc2)C(c2cccc([N+](=O)[O-])c2)C(C(=O)OCCSc2ccccc2)=C(C)N1. The molecule has 210 valence electrons. The molecule has 0 saturated carbocycles. The average molecular weight is 571 g/mol. The van der Waals surface area contributed by atoms with Crippen LogP contribution in [0.2, 0.25) is 0 Å². The highest BCUT2D eigenvalue weighted by atomic mass is 32.2. The molecule has 0 spiro atoms. The van der Waals surface area contributed by atoms with E-state index in [1.807, 2.05) is 66.7 Å². The molecule has 0 aliphatic carbocycles. The lowest BCUT2D eigenvalue weighted by Crippen LogP contribution is -2.32. The van der Waals surface area contributed by atoms with Crippen LogP contribution < -0.4 is 5.32 Å². The Labute approximate surface area is 242 Å². The Morgan fingerprint density at radius 1 is 0.902 bits per heavy atom. The largest absolute Gasteiger partial charge is 0.461 e. The minimum Gasteiger partial charge on any atom is -0.461 e. The van der Waals surface area contributed by atoms with Crippen molar-refractivity contribution in [1.82, 2.24) is 5.32 Å². The lowest BCUT2D eigenvalue weighted by Gasteiger charge is -2.30. The fourth-order valence-electron chi connectivity index (χ4n) is 4.52. The van der Waals surface area contributed by atoms with Crippen LogP contribution in [-0.2, 0) is 19.1 Å². The normalized spacial score (nSPS) is 15.0. The topological polar surface area (TPSA) is 108 Å². The quantitative estimate of drug-likeness (QED) is 0.0925. The summed E-state index contributed by atoms with van der Waals surface area (Å²) in [6.45, 7) is 3.58. The van der Waals surface area contributed by atoms with Gasteiger partial charge in [0.25, 0.3) is 5.69 Å². The predicted octanol–water partition coefficient (Wildman–Crippen LogP) is 6.42. The van der Waals surface area contributed by atoms with E-state index in [2.05, 4.69) is 5.32 Å². The van der Waals surface area contributed by atoms with Gasteiger partial charge < -0.3 is 14.8 Å². The number of rotatable bonds is 11. The standard InChI is InChI=1S/C32H30N2O6S/c1-22-28(31(35)39-18-10-13-24-11-5-3-6-12-24)30(25-14-9-15-26(21-25)34(37)38)29(23(2)33-22)32(36)40-19-20-41-27-16-7-4-8-17-27/h3-17,21,30,33H,18-20H2,1-2H3. The van der Waals surface area contributed by atoms with E-state index in [0.717, 1.165) is 10.5 Å². The van der Waals surface area contributed by atoms with Gasteiger partial charge in [0, 0.05) is 34.2 Å². The molecule has 0 bridgehead atoms. The van der Waals surface area contributed by atoms with Crippen LogP contribution in [0, 0.1) is 10.1 Å². The number of carbonyl (C=O) groups excluding carboxylic acids is 2. The molecular formula is C32H30N2O6S. The smallest absolute Gasteiger partial charge is 0.337 e. The average Bonchev–Trinajstić information content (AvgIpc) is 2.98. The molecule has 1 aliphatic rings. The van der Waals surface area contributed by atoms with E-state index in [0.29, 0.717) is 22.7 Å². The van der Waals surface area contributed by atoms with Gasteiger partial charge in [-0.15, -0.1) is 11.8 Å². The molecule has 1 atom stereocenters. The van der Waals surface area contributed by atoms with Gasteiger partial charge in [0.2, 0.25) is 0 Å². The highest BCUT2D eigenvalue weighted by Gasteiger charge is 2.38. The maximum absolute atomic E-state index is 13.5. The number of benzene rings is 3. The third kappa shape index (κ3) is 7.73. The van der Waals surface area contributed by atoms with E-state index in [4.69, 9.17) is 9.47 Å². The Bertz CT molecular complexity index is 1500. The Morgan fingerprint density at radius 3 is 2.20 bits per heavy atom. The van der Waals surface area contributed by atoms with Gasteiger partial charge in [0.15, 0.2) is 0 Å². The van der Waals surface area contributed by atoms with E-state index in [9.17, 15) is 19.7 Å². The zero-order valence-corrected chi connectivity index (χ0v) is 23.6. The monoisotopic (exact) mass is 570 g/mol. The first-order valence-corrected chi connectivity index (χ1v) is 14.0. The number of esters is 2. The number of hydrogen-bond donors (Lipinski definition) is 1. The van der Waals surface area contributed by atoms with Crippen molar-refractivity contribution in [2.45, 2.75) is 24.7 Å². The molecule has 0 aromatic heterocycles. The first-order valence-electron chi connectivity index (χ1n) is 13.0. The van der Waals surface area contributed by atoms with Crippen LogP contribution in [0.15, 0.2) is 118 Å². The minimum atomic E-state index is -0.920. The molecule has 0 amide bonds. The second-order valence-electron chi connectivity index (χ2n) is 9.20. The van der Waals surface area contributed by atoms with E-state index in [1.54, 1.807) is 37.8 Å². The predicted molar refractivity (Wildman–Crippen MR) is 159 cm³/mol. The maximum Gasteiger partial charge on any atom is 0.337 e. The summed E-state index contributed by atoms with van der Waals surface area (Å²) in [6.07, 6.45) is 3.56. The van der Waals surface area contributed by atoms with E-state index in [-0.39, 0.29) is 30.0 Å². The van der Waals surface area contributed by atoms with Gasteiger partial charge in [-0.1, -0.05) is 66.7 Å². The molecular weight excluding hydrogens is 540 g/mol. The lowest BCUT2D eigenvalue weighted by atomic mass is 9.80. The van der Waals surface area contributed by atoms with Crippen molar-refractivity contribution >= 4 is 35.5 Å². The molecule has 3 aromatic rings. The summed E-state index contributed by atoms with van der Waals surface area (Å²) in [5, 5.41) is 14.7. The first kappa shape index (κ1) is 29.4. The maximum atomic E-state index is 13.5. The minimum absolute atomic E-state index is 0.00531. The van der Waals surface area contributed by atoms with Crippen LogP contribution in [0.1, 0.15) is 30.9 Å². The van der Waals surface area contributed by atoms with Crippen LogP contribution >= 0.6 is 11.8 Å². The number of non-ortho nitro benzene ring substituents is 1. The fourth-order valence-corrected chi connectivity index (χ4v) is 5.28. The molecule has 0 saturated heterocycles. The highest BCUT2D eigenvalue weighted by Crippen LogP contribution is 2.40. The molecule has 3 aromatic carbocycles. The number of thioether (sulfide) groups is 1. The second kappa shape index (κ2) is 14.1. The Hall–Kier alpha value is -4.63. The molecule has 9 heteroatoms. The van der Waals surface area contributed by atoms with Gasteiger partial charge in [0.05, 0.1) is 22.0 Å². The van der Waals surface area contributed by atoms with Crippen molar-refractivity contribution in [3.63, 3.8) is 0 Å². The summed E-state index contributed by atoms with van der Waals surface area (Å²) >= 11 is 1.55. The van der Waals surface area contributed by atoms with Gasteiger partial charge in [-0.05, 0) is 43.2 Å². The number of carbonyl (C=O) groups is 2. The van der Waals surface area contributed by atoms with E-state index >= 15 is 0 Å². The van der Waals surface area contributed by atoms with Gasteiger partial charge >= 0.3 is 11.9 Å². The van der Waals surface area contributed by atoms with Crippen LogP contribution in [0.5, 0.6) is 0 Å². The van der Waals surface area contributed by atoms with E-state index < -0.39 is 22.8 Å². The van der Waals surface area contributed by atoms with Gasteiger partial charge in [0.1, 0.15) is 13.2 Å². The Kier molecular flexibility index (Phi) is 10.1. The molecule has 4 rings (SSSR count). The number of allylic oxidation sites excluding steroid dienone is 2. The number of hydrogen-bond acceptors (Lipinski definition) is 8. The van der Waals surface area contributed by atoms with Crippen molar-refractivity contribution < 1.29 is 24.0 Å². The molecule has 1 N–H and O–H groups in total. The van der Waals surface area contributed by atoms with E-state index in [1.165, 1.54) is 18.2 Å². The summed E-state index contributed by atoms with van der Waals surface area (Å²) < 4.78 is 11.2. The van der Waals surface area contributed by atoms with Crippen molar-refractivity contribution in [3.8, 4) is 0 Å². The molecule has 1 heterocycles. The highest BCUT2D eigenvalue weighted by molar-refractivity contribution is 7.99. The van der Waals surface area contributed by atoms with Gasteiger partial charge in [-0.25, -0.2) is 9.59 Å². The number of nitrogens with one attached hydrogen (secondary N) is 1. The third-order valence-corrected chi connectivity index (χ3v) is 7.34. The Balaban J connectivity index is 1.56. The van der Waals surface area contributed by atoms with Crippen LogP contribution in [-0.4, -0.2) is 35.8 Å². The van der Waals surface area contributed by atoms with Crippen LogP contribution in [0.4, 0.5) is 5.69 Å².